The molecule has 0 atom stereocenters. The molecule has 0 unspecified atom stereocenters. The molecular formula is C18H21N5OS. The molecule has 0 N–H and O–H groups in total. The number of rotatable bonds is 2. The van der Waals surface area contributed by atoms with Gasteiger partial charge in [-0.15, -0.1) is 0 Å². The first-order chi connectivity index (χ1) is 12.0. The molecule has 1 aliphatic heterocycles. The second kappa shape index (κ2) is 6.15. The van der Waals surface area contributed by atoms with E-state index in [4.69, 9.17) is 4.98 Å². The lowest BCUT2D eigenvalue weighted by molar-refractivity contribution is 0.0740. The number of piperazine rings is 1. The third kappa shape index (κ3) is 3.00. The number of nitrogens with zero attached hydrogens (tertiary/aromatic N) is 5. The van der Waals surface area contributed by atoms with Crippen molar-refractivity contribution in [3.8, 4) is 0 Å². The summed E-state index contributed by atoms with van der Waals surface area (Å²) in [7, 11) is 1.82. The fourth-order valence-corrected chi connectivity index (χ4v) is 4.48. The molecule has 130 valence electrons. The van der Waals surface area contributed by atoms with E-state index in [0.29, 0.717) is 18.8 Å². The van der Waals surface area contributed by atoms with E-state index in [1.54, 1.807) is 28.3 Å². The van der Waals surface area contributed by atoms with Crippen LogP contribution in [-0.2, 0) is 7.05 Å². The normalized spacial score (nSPS) is 15.2. The largest absolute Gasteiger partial charge is 0.345 e. The Balaban J connectivity index is 1.48. The first-order valence-corrected chi connectivity index (χ1v) is 9.24. The Morgan fingerprint density at radius 3 is 2.60 bits per heavy atom. The summed E-state index contributed by atoms with van der Waals surface area (Å²) in [5.41, 5.74) is 4.10. The summed E-state index contributed by atoms with van der Waals surface area (Å²) in [5.74, 6) is 0.0102. The summed E-state index contributed by atoms with van der Waals surface area (Å²) in [4.78, 5) is 21.5. The minimum atomic E-state index is 0.0102. The van der Waals surface area contributed by atoms with Crippen molar-refractivity contribution in [2.75, 3.05) is 31.1 Å². The molecule has 0 radical (unpaired) electrons. The van der Waals surface area contributed by atoms with Gasteiger partial charge in [-0.3, -0.25) is 9.48 Å². The molecule has 0 saturated carbocycles. The Hall–Kier alpha value is -2.41. The third-order valence-corrected chi connectivity index (χ3v) is 5.65. The second-order valence-corrected chi connectivity index (χ2v) is 7.59. The quantitative estimate of drug-likeness (QED) is 0.709. The van der Waals surface area contributed by atoms with Gasteiger partial charge in [0.2, 0.25) is 0 Å². The molecule has 4 rings (SSSR count). The van der Waals surface area contributed by atoms with Gasteiger partial charge in [-0.25, -0.2) is 4.98 Å². The molecule has 3 aromatic rings. The minimum Gasteiger partial charge on any atom is -0.345 e. The number of hydrogen-bond donors (Lipinski definition) is 0. The number of aryl methyl sites for hydroxylation is 3. The molecule has 0 spiro atoms. The van der Waals surface area contributed by atoms with Gasteiger partial charge in [-0.05, 0) is 37.1 Å². The first kappa shape index (κ1) is 16.1. The van der Waals surface area contributed by atoms with Crippen LogP contribution in [0.3, 0.4) is 0 Å². The van der Waals surface area contributed by atoms with E-state index in [2.05, 4.69) is 36.0 Å². The summed E-state index contributed by atoms with van der Waals surface area (Å²) in [6.45, 7) is 7.23. The van der Waals surface area contributed by atoms with Gasteiger partial charge in [0.25, 0.3) is 5.91 Å². The molecule has 1 saturated heterocycles. The summed E-state index contributed by atoms with van der Waals surface area (Å²) in [5, 5.41) is 5.26. The van der Waals surface area contributed by atoms with Crippen LogP contribution in [0.5, 0.6) is 0 Å². The van der Waals surface area contributed by atoms with E-state index < -0.39 is 0 Å². The van der Waals surface area contributed by atoms with Crippen LogP contribution in [-0.4, -0.2) is 51.8 Å². The van der Waals surface area contributed by atoms with Crippen molar-refractivity contribution in [1.29, 1.82) is 0 Å². The van der Waals surface area contributed by atoms with Crippen molar-refractivity contribution in [3.05, 3.63) is 41.2 Å². The van der Waals surface area contributed by atoms with Crippen molar-refractivity contribution >= 4 is 32.6 Å². The smallest absolute Gasteiger partial charge is 0.274 e. The SMILES string of the molecule is Cc1cc(C)c2nc(N3CCN(C(=O)c4ccn(C)n4)CC3)sc2c1. The average Bonchev–Trinajstić information content (AvgIpc) is 3.21. The van der Waals surface area contributed by atoms with Crippen LogP contribution in [0.25, 0.3) is 10.2 Å². The third-order valence-electron chi connectivity index (χ3n) is 4.59. The number of amides is 1. The maximum absolute atomic E-state index is 12.5. The zero-order valence-electron chi connectivity index (χ0n) is 14.7. The highest BCUT2D eigenvalue weighted by atomic mass is 32.1. The lowest BCUT2D eigenvalue weighted by Gasteiger charge is -2.34. The Kier molecular flexibility index (Phi) is 3.95. The van der Waals surface area contributed by atoms with Crippen molar-refractivity contribution < 1.29 is 4.79 Å². The van der Waals surface area contributed by atoms with Crippen molar-refractivity contribution in [2.24, 2.45) is 7.05 Å². The summed E-state index contributed by atoms with van der Waals surface area (Å²) < 4.78 is 2.90. The van der Waals surface area contributed by atoms with Crippen molar-refractivity contribution in [2.45, 2.75) is 13.8 Å². The van der Waals surface area contributed by atoms with Gasteiger partial charge in [0.05, 0.1) is 10.2 Å². The molecule has 1 fully saturated rings. The highest BCUT2D eigenvalue weighted by Crippen LogP contribution is 2.32. The molecule has 0 bridgehead atoms. The van der Waals surface area contributed by atoms with Gasteiger partial charge in [0.15, 0.2) is 5.13 Å². The number of hydrogen-bond acceptors (Lipinski definition) is 5. The lowest BCUT2D eigenvalue weighted by Crippen LogP contribution is -2.48. The van der Waals surface area contributed by atoms with Gasteiger partial charge in [0, 0.05) is 39.4 Å². The second-order valence-electron chi connectivity index (χ2n) is 6.58. The minimum absolute atomic E-state index is 0.0102. The average molecular weight is 355 g/mol. The highest BCUT2D eigenvalue weighted by Gasteiger charge is 2.25. The summed E-state index contributed by atoms with van der Waals surface area (Å²) in [6.07, 6.45) is 1.80. The van der Waals surface area contributed by atoms with E-state index >= 15 is 0 Å². The fourth-order valence-electron chi connectivity index (χ4n) is 3.29. The molecule has 1 aromatic carbocycles. The number of fused-ring (bicyclic) bond motifs is 1. The van der Waals surface area contributed by atoms with Crippen LogP contribution in [0.4, 0.5) is 5.13 Å². The molecular weight excluding hydrogens is 334 g/mol. The van der Waals surface area contributed by atoms with E-state index in [1.807, 2.05) is 11.9 Å². The number of anilines is 1. The predicted octanol–water partition coefficient (Wildman–Crippen LogP) is 2.61. The van der Waals surface area contributed by atoms with Crippen LogP contribution in [0, 0.1) is 13.8 Å². The van der Waals surface area contributed by atoms with Crippen LogP contribution in [0.2, 0.25) is 0 Å². The molecule has 6 nitrogen and oxygen atoms in total. The van der Waals surface area contributed by atoms with E-state index in [0.717, 1.165) is 23.7 Å². The molecule has 2 aromatic heterocycles. The number of benzene rings is 1. The lowest BCUT2D eigenvalue weighted by atomic mass is 10.1. The zero-order valence-corrected chi connectivity index (χ0v) is 15.5. The van der Waals surface area contributed by atoms with E-state index in [-0.39, 0.29) is 5.91 Å². The standard InChI is InChI=1S/C18H21N5OS/c1-12-10-13(2)16-15(11-12)25-18(19-16)23-8-6-22(7-9-23)17(24)14-4-5-21(3)20-14/h4-5,10-11H,6-9H2,1-3H3. The maximum Gasteiger partial charge on any atom is 0.274 e. The molecule has 1 amide bonds. The van der Waals surface area contributed by atoms with Crippen LogP contribution in [0.1, 0.15) is 21.6 Å². The monoisotopic (exact) mass is 355 g/mol. The highest BCUT2D eigenvalue weighted by molar-refractivity contribution is 7.22. The van der Waals surface area contributed by atoms with Crippen LogP contribution in [0.15, 0.2) is 24.4 Å². The first-order valence-electron chi connectivity index (χ1n) is 8.43. The Morgan fingerprint density at radius 2 is 1.92 bits per heavy atom. The van der Waals surface area contributed by atoms with Gasteiger partial charge in [-0.1, -0.05) is 17.4 Å². The maximum atomic E-state index is 12.5. The number of thiazole rings is 1. The Bertz CT molecular complexity index is 936. The Labute approximate surface area is 150 Å². The summed E-state index contributed by atoms with van der Waals surface area (Å²) in [6, 6.07) is 6.15. The van der Waals surface area contributed by atoms with Crippen LogP contribution < -0.4 is 4.90 Å². The predicted molar refractivity (Wildman–Crippen MR) is 100 cm³/mol. The van der Waals surface area contributed by atoms with Gasteiger partial charge in [0.1, 0.15) is 5.69 Å². The summed E-state index contributed by atoms with van der Waals surface area (Å²) >= 11 is 1.74. The van der Waals surface area contributed by atoms with Crippen LogP contribution >= 0.6 is 11.3 Å². The number of carbonyl (C=O) groups is 1. The molecule has 0 aliphatic carbocycles. The van der Waals surface area contributed by atoms with Gasteiger partial charge in [-0.2, -0.15) is 5.10 Å². The van der Waals surface area contributed by atoms with E-state index in [1.165, 1.54) is 15.8 Å². The van der Waals surface area contributed by atoms with Crippen molar-refractivity contribution in [1.82, 2.24) is 19.7 Å². The molecule has 3 heterocycles. The zero-order chi connectivity index (χ0) is 17.6. The molecule has 25 heavy (non-hydrogen) atoms. The Morgan fingerprint density at radius 1 is 1.16 bits per heavy atom. The van der Waals surface area contributed by atoms with Gasteiger partial charge >= 0.3 is 0 Å². The fraction of sp³-hybridized carbons (Fsp3) is 0.389. The number of aromatic nitrogens is 3. The van der Waals surface area contributed by atoms with Crippen molar-refractivity contribution in [3.63, 3.8) is 0 Å². The van der Waals surface area contributed by atoms with Gasteiger partial charge < -0.3 is 9.80 Å². The molecule has 1 aliphatic rings. The van der Waals surface area contributed by atoms with E-state index in [9.17, 15) is 4.79 Å². The topological polar surface area (TPSA) is 54.3 Å². The molecule has 7 heteroatoms. The number of carbonyl (C=O) groups excluding carboxylic acids is 1.